The van der Waals surface area contributed by atoms with E-state index in [0.29, 0.717) is 24.3 Å². The van der Waals surface area contributed by atoms with Gasteiger partial charge in [0.15, 0.2) is 0 Å². The SMILES string of the molecule is CC(C)c1cc(C(=O)N2CCC(NC(O)c3ccc(F)cc3)C2)n[nH]1. The van der Waals surface area contributed by atoms with Crippen LogP contribution in [0.3, 0.4) is 0 Å². The Labute approximate surface area is 146 Å². The van der Waals surface area contributed by atoms with Gasteiger partial charge in [-0.1, -0.05) is 26.0 Å². The van der Waals surface area contributed by atoms with Gasteiger partial charge in [0.25, 0.3) is 5.91 Å². The Hall–Kier alpha value is -2.25. The third-order valence-electron chi connectivity index (χ3n) is 4.49. The zero-order chi connectivity index (χ0) is 18.0. The molecule has 1 aromatic heterocycles. The number of rotatable bonds is 5. The standard InChI is InChI=1S/C18H23FN4O2/c1-11(2)15-9-16(22-21-15)18(25)23-8-7-14(10-23)20-17(24)12-3-5-13(19)6-4-12/h3-6,9,11,14,17,20,24H,7-8,10H2,1-2H3,(H,21,22). The van der Waals surface area contributed by atoms with E-state index in [1.165, 1.54) is 12.1 Å². The second kappa shape index (κ2) is 7.33. The quantitative estimate of drug-likeness (QED) is 0.725. The summed E-state index contributed by atoms with van der Waals surface area (Å²) in [5.41, 5.74) is 1.95. The molecular formula is C18H23FN4O2. The highest BCUT2D eigenvalue weighted by molar-refractivity contribution is 5.92. The van der Waals surface area contributed by atoms with Crippen molar-refractivity contribution in [1.29, 1.82) is 0 Å². The molecule has 1 aliphatic rings. The fourth-order valence-corrected chi connectivity index (χ4v) is 2.95. The predicted octanol–water partition coefficient (Wildman–Crippen LogP) is 2.17. The molecule has 1 saturated heterocycles. The molecule has 2 unspecified atom stereocenters. The maximum Gasteiger partial charge on any atom is 0.274 e. The van der Waals surface area contributed by atoms with Crippen LogP contribution in [0.5, 0.6) is 0 Å². The number of aromatic amines is 1. The number of benzene rings is 1. The first-order valence-electron chi connectivity index (χ1n) is 8.48. The Bertz CT molecular complexity index is 729. The molecule has 2 atom stereocenters. The number of amides is 1. The second-order valence-corrected chi connectivity index (χ2v) is 6.72. The predicted molar refractivity (Wildman–Crippen MR) is 91.5 cm³/mol. The molecule has 0 bridgehead atoms. The first-order chi connectivity index (χ1) is 11.9. The molecule has 6 nitrogen and oxygen atoms in total. The number of aliphatic hydroxyl groups is 1. The molecule has 1 fully saturated rings. The van der Waals surface area contributed by atoms with Gasteiger partial charge in [0.2, 0.25) is 0 Å². The number of nitrogens with zero attached hydrogens (tertiary/aromatic N) is 2. The van der Waals surface area contributed by atoms with Crippen molar-refractivity contribution in [2.45, 2.75) is 38.5 Å². The lowest BCUT2D eigenvalue weighted by Gasteiger charge is -2.19. The summed E-state index contributed by atoms with van der Waals surface area (Å²) in [4.78, 5) is 14.3. The molecule has 0 aliphatic carbocycles. The number of H-pyrrole nitrogens is 1. The lowest BCUT2D eigenvalue weighted by molar-refractivity contribution is 0.0771. The molecule has 7 heteroatoms. The topological polar surface area (TPSA) is 81.2 Å². The van der Waals surface area contributed by atoms with Crippen molar-refractivity contribution >= 4 is 5.91 Å². The fraction of sp³-hybridized carbons (Fsp3) is 0.444. The van der Waals surface area contributed by atoms with Crippen molar-refractivity contribution in [2.75, 3.05) is 13.1 Å². The number of halogens is 1. The van der Waals surface area contributed by atoms with Gasteiger partial charge < -0.3 is 10.0 Å². The molecule has 1 aromatic carbocycles. The molecular weight excluding hydrogens is 323 g/mol. The number of nitrogens with one attached hydrogen (secondary N) is 2. The number of hydrogen-bond acceptors (Lipinski definition) is 4. The Morgan fingerprint density at radius 2 is 2.12 bits per heavy atom. The van der Waals surface area contributed by atoms with Crippen molar-refractivity contribution in [2.24, 2.45) is 0 Å². The first kappa shape index (κ1) is 17.6. The van der Waals surface area contributed by atoms with Crippen LogP contribution in [0.4, 0.5) is 4.39 Å². The molecule has 1 amide bonds. The summed E-state index contributed by atoms with van der Waals surface area (Å²) in [5.74, 6) is -0.162. The number of aliphatic hydroxyl groups excluding tert-OH is 1. The maximum absolute atomic E-state index is 13.0. The summed E-state index contributed by atoms with van der Waals surface area (Å²) in [6.45, 7) is 5.18. The minimum absolute atomic E-state index is 0.0208. The summed E-state index contributed by atoms with van der Waals surface area (Å²) < 4.78 is 13.0. The van der Waals surface area contributed by atoms with Gasteiger partial charge in [-0.2, -0.15) is 5.10 Å². The molecule has 3 rings (SSSR count). The third-order valence-corrected chi connectivity index (χ3v) is 4.49. The Balaban J connectivity index is 1.57. The Morgan fingerprint density at radius 1 is 1.40 bits per heavy atom. The summed E-state index contributed by atoms with van der Waals surface area (Å²) in [7, 11) is 0. The van der Waals surface area contributed by atoms with E-state index in [4.69, 9.17) is 0 Å². The second-order valence-electron chi connectivity index (χ2n) is 6.72. The average molecular weight is 346 g/mol. The van der Waals surface area contributed by atoms with Crippen LogP contribution in [0, 0.1) is 5.82 Å². The highest BCUT2D eigenvalue weighted by atomic mass is 19.1. The molecule has 3 N–H and O–H groups in total. The Kier molecular flexibility index (Phi) is 5.15. The first-order valence-corrected chi connectivity index (χ1v) is 8.48. The number of likely N-dealkylation sites (tertiary alicyclic amines) is 1. The Morgan fingerprint density at radius 3 is 2.76 bits per heavy atom. The van der Waals surface area contributed by atoms with E-state index in [-0.39, 0.29) is 23.7 Å². The summed E-state index contributed by atoms with van der Waals surface area (Å²) >= 11 is 0. The van der Waals surface area contributed by atoms with Crippen LogP contribution in [0.25, 0.3) is 0 Å². The lowest BCUT2D eigenvalue weighted by atomic mass is 10.1. The fourth-order valence-electron chi connectivity index (χ4n) is 2.95. The third kappa shape index (κ3) is 4.05. The monoisotopic (exact) mass is 346 g/mol. The number of aromatic nitrogens is 2. The van der Waals surface area contributed by atoms with Crippen LogP contribution >= 0.6 is 0 Å². The van der Waals surface area contributed by atoms with Crippen LogP contribution in [-0.4, -0.2) is 45.2 Å². The molecule has 134 valence electrons. The maximum atomic E-state index is 13.0. The smallest absolute Gasteiger partial charge is 0.274 e. The average Bonchev–Trinajstić information content (AvgIpc) is 3.24. The van der Waals surface area contributed by atoms with Crippen molar-refractivity contribution < 1.29 is 14.3 Å². The van der Waals surface area contributed by atoms with Crippen molar-refractivity contribution in [3.05, 3.63) is 53.1 Å². The van der Waals surface area contributed by atoms with Gasteiger partial charge in [-0.3, -0.25) is 15.2 Å². The summed E-state index contributed by atoms with van der Waals surface area (Å²) in [6.07, 6.45) is -0.149. The number of hydrogen-bond donors (Lipinski definition) is 3. The van der Waals surface area contributed by atoms with Crippen molar-refractivity contribution in [3.63, 3.8) is 0 Å². The zero-order valence-corrected chi connectivity index (χ0v) is 14.4. The van der Waals surface area contributed by atoms with Crippen LogP contribution in [0.1, 0.15) is 54.2 Å². The van der Waals surface area contributed by atoms with Gasteiger partial charge in [-0.25, -0.2) is 4.39 Å². The largest absolute Gasteiger partial charge is 0.374 e. The molecule has 2 aromatic rings. The summed E-state index contributed by atoms with van der Waals surface area (Å²) in [5, 5.41) is 20.3. The van der Waals surface area contributed by atoms with Crippen LogP contribution in [0.15, 0.2) is 30.3 Å². The minimum Gasteiger partial charge on any atom is -0.374 e. The van der Waals surface area contributed by atoms with Crippen molar-refractivity contribution in [1.82, 2.24) is 20.4 Å². The molecule has 1 aliphatic heterocycles. The molecule has 0 spiro atoms. The van der Waals surface area contributed by atoms with E-state index < -0.39 is 6.23 Å². The lowest BCUT2D eigenvalue weighted by Crippen LogP contribution is -2.37. The van der Waals surface area contributed by atoms with Gasteiger partial charge in [-0.15, -0.1) is 0 Å². The van der Waals surface area contributed by atoms with Crippen LogP contribution in [-0.2, 0) is 0 Å². The van der Waals surface area contributed by atoms with E-state index in [1.807, 2.05) is 13.8 Å². The molecule has 0 saturated carbocycles. The summed E-state index contributed by atoms with van der Waals surface area (Å²) in [6, 6.07) is 7.49. The number of carbonyl (C=O) groups excluding carboxylic acids is 1. The highest BCUT2D eigenvalue weighted by Crippen LogP contribution is 2.19. The minimum atomic E-state index is -0.890. The molecule has 2 heterocycles. The van der Waals surface area contributed by atoms with E-state index in [9.17, 15) is 14.3 Å². The van der Waals surface area contributed by atoms with E-state index in [2.05, 4.69) is 15.5 Å². The van der Waals surface area contributed by atoms with Gasteiger partial charge >= 0.3 is 0 Å². The highest BCUT2D eigenvalue weighted by Gasteiger charge is 2.29. The van der Waals surface area contributed by atoms with Gasteiger partial charge in [0.1, 0.15) is 17.7 Å². The van der Waals surface area contributed by atoms with E-state index in [1.54, 1.807) is 23.1 Å². The van der Waals surface area contributed by atoms with Gasteiger partial charge in [0.05, 0.1) is 0 Å². The van der Waals surface area contributed by atoms with E-state index >= 15 is 0 Å². The molecule has 0 radical (unpaired) electrons. The van der Waals surface area contributed by atoms with Gasteiger partial charge in [-0.05, 0) is 36.1 Å². The van der Waals surface area contributed by atoms with Gasteiger partial charge in [0, 0.05) is 24.8 Å². The zero-order valence-electron chi connectivity index (χ0n) is 14.4. The normalized spacial score (nSPS) is 18.8. The molecule has 25 heavy (non-hydrogen) atoms. The van der Waals surface area contributed by atoms with E-state index in [0.717, 1.165) is 12.1 Å². The van der Waals surface area contributed by atoms with Crippen LogP contribution in [0.2, 0.25) is 0 Å². The van der Waals surface area contributed by atoms with Crippen LogP contribution < -0.4 is 5.32 Å². The van der Waals surface area contributed by atoms with Crippen molar-refractivity contribution in [3.8, 4) is 0 Å². The number of carbonyl (C=O) groups is 1.